The zero-order valence-corrected chi connectivity index (χ0v) is 12.6. The number of nitrogen functional groups attached to an aromatic ring is 1. The monoisotopic (exact) mass is 313 g/mol. The van der Waals surface area contributed by atoms with Crippen LogP contribution in [0.5, 0.6) is 0 Å². The summed E-state index contributed by atoms with van der Waals surface area (Å²) < 4.78 is 0. The third kappa shape index (κ3) is 2.71. The van der Waals surface area contributed by atoms with Gasteiger partial charge < -0.3 is 5.73 Å². The maximum Gasteiger partial charge on any atom is 0.196 e. The molecule has 0 radical (unpaired) electrons. The third-order valence-electron chi connectivity index (χ3n) is 3.24. The third-order valence-corrected chi connectivity index (χ3v) is 4.30. The van der Waals surface area contributed by atoms with Crippen LogP contribution >= 0.6 is 22.9 Å². The number of anilines is 1. The molecule has 3 rings (SSSR count). The number of thiophene rings is 1. The number of carbonyl (C=O) groups is 1. The van der Waals surface area contributed by atoms with Gasteiger partial charge in [-0.25, -0.2) is 0 Å². The highest BCUT2D eigenvalue weighted by molar-refractivity contribution is 7.15. The van der Waals surface area contributed by atoms with Gasteiger partial charge in [-0.2, -0.15) is 0 Å². The lowest BCUT2D eigenvalue weighted by Gasteiger charge is -2.05. The van der Waals surface area contributed by atoms with Crippen LogP contribution < -0.4 is 5.73 Å². The molecule has 0 aliphatic carbocycles. The van der Waals surface area contributed by atoms with Gasteiger partial charge in [0.25, 0.3) is 0 Å². The maximum atomic E-state index is 12.7. The minimum absolute atomic E-state index is 0.0794. The summed E-state index contributed by atoms with van der Waals surface area (Å²) in [7, 11) is 0. The van der Waals surface area contributed by atoms with Crippen LogP contribution in [0, 0.1) is 0 Å². The second-order valence-electron chi connectivity index (χ2n) is 4.59. The van der Waals surface area contributed by atoms with E-state index in [1.807, 2.05) is 35.7 Å². The standard InChI is InChI=1S/C17H12ClNOS/c18-13-8-6-12(7-9-13)16(20)15-14(10-21-17(15)19)11-4-2-1-3-5-11/h1-10H,19H2. The first kappa shape index (κ1) is 13.9. The van der Waals surface area contributed by atoms with E-state index in [4.69, 9.17) is 17.3 Å². The van der Waals surface area contributed by atoms with Gasteiger partial charge >= 0.3 is 0 Å². The molecule has 2 aromatic carbocycles. The number of carbonyl (C=O) groups excluding carboxylic acids is 1. The van der Waals surface area contributed by atoms with Crippen molar-refractivity contribution < 1.29 is 4.79 Å². The molecule has 0 fully saturated rings. The van der Waals surface area contributed by atoms with Gasteiger partial charge in [0.05, 0.1) is 10.6 Å². The Morgan fingerprint density at radius 3 is 2.33 bits per heavy atom. The number of ketones is 1. The van der Waals surface area contributed by atoms with Crippen molar-refractivity contribution in [2.45, 2.75) is 0 Å². The van der Waals surface area contributed by atoms with Crippen LogP contribution in [0.1, 0.15) is 15.9 Å². The molecule has 0 amide bonds. The van der Waals surface area contributed by atoms with Crippen molar-refractivity contribution in [1.29, 1.82) is 0 Å². The van der Waals surface area contributed by atoms with Crippen LogP contribution in [0.4, 0.5) is 5.00 Å². The van der Waals surface area contributed by atoms with Crippen LogP contribution in [-0.2, 0) is 0 Å². The summed E-state index contributed by atoms with van der Waals surface area (Å²) in [5.74, 6) is -0.0794. The molecular weight excluding hydrogens is 302 g/mol. The van der Waals surface area contributed by atoms with Crippen molar-refractivity contribution in [1.82, 2.24) is 0 Å². The number of rotatable bonds is 3. The Balaban J connectivity index is 2.08. The molecule has 2 N–H and O–H groups in total. The van der Waals surface area contributed by atoms with Gasteiger partial charge in [0.1, 0.15) is 0 Å². The van der Waals surface area contributed by atoms with Crippen molar-refractivity contribution >= 4 is 33.7 Å². The molecular formula is C17H12ClNOS. The summed E-state index contributed by atoms with van der Waals surface area (Å²) in [5, 5.41) is 3.07. The van der Waals surface area contributed by atoms with Crippen molar-refractivity contribution in [3.63, 3.8) is 0 Å². The molecule has 0 aliphatic rings. The number of benzene rings is 2. The molecule has 4 heteroatoms. The fourth-order valence-electron chi connectivity index (χ4n) is 2.18. The first-order chi connectivity index (χ1) is 10.2. The number of hydrogen-bond acceptors (Lipinski definition) is 3. The summed E-state index contributed by atoms with van der Waals surface area (Å²) in [5.41, 5.74) is 9.03. The van der Waals surface area contributed by atoms with E-state index < -0.39 is 0 Å². The molecule has 0 atom stereocenters. The molecule has 0 aliphatic heterocycles. The minimum atomic E-state index is -0.0794. The smallest absolute Gasteiger partial charge is 0.196 e. The topological polar surface area (TPSA) is 43.1 Å². The summed E-state index contributed by atoms with van der Waals surface area (Å²) >= 11 is 7.25. The molecule has 0 saturated carbocycles. The average molecular weight is 314 g/mol. The van der Waals surface area contributed by atoms with Gasteiger partial charge in [-0.05, 0) is 29.8 Å². The molecule has 0 spiro atoms. The van der Waals surface area contributed by atoms with E-state index in [0.717, 1.165) is 11.1 Å². The lowest BCUT2D eigenvalue weighted by molar-refractivity contribution is 0.104. The molecule has 0 saturated heterocycles. The number of nitrogens with two attached hydrogens (primary N) is 1. The highest BCUT2D eigenvalue weighted by Gasteiger charge is 2.19. The van der Waals surface area contributed by atoms with Crippen LogP contribution in [0.25, 0.3) is 11.1 Å². The molecule has 2 nitrogen and oxygen atoms in total. The van der Waals surface area contributed by atoms with Gasteiger partial charge in [-0.15, -0.1) is 11.3 Å². The van der Waals surface area contributed by atoms with Crippen LogP contribution in [-0.4, -0.2) is 5.78 Å². The lowest BCUT2D eigenvalue weighted by atomic mass is 9.97. The SMILES string of the molecule is Nc1scc(-c2ccccc2)c1C(=O)c1ccc(Cl)cc1. The van der Waals surface area contributed by atoms with Gasteiger partial charge in [-0.1, -0.05) is 41.9 Å². The van der Waals surface area contributed by atoms with E-state index in [2.05, 4.69) is 0 Å². The molecule has 104 valence electrons. The Hall–Kier alpha value is -2.10. The summed E-state index contributed by atoms with van der Waals surface area (Å²) in [6, 6.07) is 16.6. The first-order valence-electron chi connectivity index (χ1n) is 6.39. The summed E-state index contributed by atoms with van der Waals surface area (Å²) in [4.78, 5) is 12.7. The Bertz CT molecular complexity index is 778. The molecule has 3 aromatic rings. The second kappa shape index (κ2) is 5.72. The van der Waals surface area contributed by atoms with Crippen molar-refractivity contribution in [3.8, 4) is 11.1 Å². The van der Waals surface area contributed by atoms with Crippen LogP contribution in [0.2, 0.25) is 5.02 Å². The summed E-state index contributed by atoms with van der Waals surface area (Å²) in [6.45, 7) is 0. The second-order valence-corrected chi connectivity index (χ2v) is 5.94. The van der Waals surface area contributed by atoms with E-state index >= 15 is 0 Å². The molecule has 21 heavy (non-hydrogen) atoms. The van der Waals surface area contributed by atoms with E-state index in [0.29, 0.717) is 21.2 Å². The van der Waals surface area contributed by atoms with Crippen LogP contribution in [0.3, 0.4) is 0 Å². The molecule has 0 unspecified atom stereocenters. The van der Waals surface area contributed by atoms with Crippen molar-refractivity contribution in [3.05, 3.63) is 76.1 Å². The Morgan fingerprint density at radius 1 is 1.00 bits per heavy atom. The molecule has 1 heterocycles. The van der Waals surface area contributed by atoms with Crippen molar-refractivity contribution in [2.75, 3.05) is 5.73 Å². The molecule has 0 bridgehead atoms. The Kier molecular flexibility index (Phi) is 3.78. The van der Waals surface area contributed by atoms with E-state index in [9.17, 15) is 4.79 Å². The normalized spacial score (nSPS) is 10.5. The van der Waals surface area contributed by atoms with Gasteiger partial charge in [-0.3, -0.25) is 4.79 Å². The number of halogens is 1. The largest absolute Gasteiger partial charge is 0.390 e. The lowest BCUT2D eigenvalue weighted by Crippen LogP contribution is -2.04. The molecule has 1 aromatic heterocycles. The van der Waals surface area contributed by atoms with Gasteiger partial charge in [0.2, 0.25) is 0 Å². The van der Waals surface area contributed by atoms with Crippen LogP contribution in [0.15, 0.2) is 60.0 Å². The minimum Gasteiger partial charge on any atom is -0.390 e. The predicted octanol–water partition coefficient (Wildman–Crippen LogP) is 4.88. The Morgan fingerprint density at radius 2 is 1.67 bits per heavy atom. The van der Waals surface area contributed by atoms with E-state index in [1.54, 1.807) is 24.3 Å². The van der Waals surface area contributed by atoms with Gasteiger partial charge in [0.15, 0.2) is 5.78 Å². The van der Waals surface area contributed by atoms with E-state index in [-0.39, 0.29) is 5.78 Å². The highest BCUT2D eigenvalue weighted by atomic mass is 35.5. The zero-order valence-electron chi connectivity index (χ0n) is 11.0. The first-order valence-corrected chi connectivity index (χ1v) is 7.65. The number of hydrogen-bond donors (Lipinski definition) is 1. The average Bonchev–Trinajstić information content (AvgIpc) is 2.90. The van der Waals surface area contributed by atoms with Crippen molar-refractivity contribution in [2.24, 2.45) is 0 Å². The highest BCUT2D eigenvalue weighted by Crippen LogP contribution is 2.35. The maximum absolute atomic E-state index is 12.7. The van der Waals surface area contributed by atoms with Gasteiger partial charge in [0, 0.05) is 21.5 Å². The quantitative estimate of drug-likeness (QED) is 0.700. The zero-order chi connectivity index (χ0) is 14.8. The summed E-state index contributed by atoms with van der Waals surface area (Å²) in [6.07, 6.45) is 0. The van der Waals surface area contributed by atoms with E-state index in [1.165, 1.54) is 11.3 Å². The fraction of sp³-hybridized carbons (Fsp3) is 0. The fourth-order valence-corrected chi connectivity index (χ4v) is 3.13. The Labute approximate surface area is 131 Å². The predicted molar refractivity (Wildman–Crippen MR) is 89.1 cm³/mol.